The molecule has 0 amide bonds. The molecular formula is C11H6B6N2. The maximum atomic E-state index is 4.53. The molecule has 0 saturated heterocycles. The van der Waals surface area contributed by atoms with Gasteiger partial charge in [-0.3, -0.25) is 0 Å². The van der Waals surface area contributed by atoms with Crippen molar-refractivity contribution in [2.45, 2.75) is 0 Å². The van der Waals surface area contributed by atoms with E-state index in [9.17, 15) is 0 Å². The molecule has 0 fully saturated rings. The Hall–Kier alpha value is -1.44. The van der Waals surface area contributed by atoms with Gasteiger partial charge in [-0.1, -0.05) is 0 Å². The number of aromatic nitrogens is 2. The first-order valence-electron chi connectivity index (χ1n) is 6.35. The average Bonchev–Trinajstić information content (AvgIpc) is 2.83. The van der Waals surface area contributed by atoms with Gasteiger partial charge in [0.2, 0.25) is 0 Å². The van der Waals surface area contributed by atoms with E-state index in [4.69, 9.17) is 0 Å². The fourth-order valence-electron chi connectivity index (χ4n) is 2.64. The second-order valence-corrected chi connectivity index (χ2v) is 4.56. The van der Waals surface area contributed by atoms with Crippen molar-refractivity contribution >= 4 is 62.4 Å². The van der Waals surface area contributed by atoms with E-state index in [0.717, 1.165) is 11.0 Å². The molecule has 0 saturated carbocycles. The van der Waals surface area contributed by atoms with Gasteiger partial charge in [0, 0.05) is 0 Å². The van der Waals surface area contributed by atoms with Crippen molar-refractivity contribution in [3.8, 4) is 5.48 Å². The van der Waals surface area contributed by atoms with E-state index in [0.29, 0.717) is 0 Å². The molecule has 78 valence electrons. The van der Waals surface area contributed by atoms with Crippen LogP contribution in [0.5, 0.6) is 0 Å². The summed E-state index contributed by atoms with van der Waals surface area (Å²) in [5, 5.41) is 1.20. The van der Waals surface area contributed by atoms with Crippen LogP contribution in [0, 0.1) is 0 Å². The Bertz CT molecular complexity index is 823. The fourth-order valence-corrected chi connectivity index (χ4v) is 2.64. The molecule has 0 aliphatic heterocycles. The van der Waals surface area contributed by atoms with Crippen LogP contribution in [0.25, 0.3) is 27.3 Å². The number of fused-ring (bicyclic) bond motifs is 3. The van der Waals surface area contributed by atoms with Crippen molar-refractivity contribution in [3.63, 3.8) is 0 Å². The van der Waals surface area contributed by atoms with Gasteiger partial charge in [0.25, 0.3) is 0 Å². The van der Waals surface area contributed by atoms with Gasteiger partial charge in [-0.15, -0.1) is 0 Å². The Kier molecular flexibility index (Phi) is 2.75. The van der Waals surface area contributed by atoms with Crippen LogP contribution in [0.1, 0.15) is 0 Å². The van der Waals surface area contributed by atoms with Crippen molar-refractivity contribution in [1.29, 1.82) is 0 Å². The number of hydrogen-bond donors (Lipinski definition) is 0. The van der Waals surface area contributed by atoms with Crippen LogP contribution in [0.4, 0.5) is 0 Å². The van der Waals surface area contributed by atoms with Gasteiger partial charge >= 0.3 is 114 Å². The molecule has 4 aromatic rings. The third-order valence-electron chi connectivity index (χ3n) is 3.44. The standard InChI is InChI=1S/C11H6B6N2/c1-3-7-9(12-5-1)10-8(4-2-6-18-10)19(7)11-13-15-17-16-14-11/h1-6H. The Morgan fingerprint density at radius 2 is 1.79 bits per heavy atom. The summed E-state index contributed by atoms with van der Waals surface area (Å²) in [6.07, 6.45) is 1.85. The van der Waals surface area contributed by atoms with Gasteiger partial charge in [0.15, 0.2) is 0 Å². The number of hydrogen-bond acceptors (Lipinski definition) is 1. The normalized spacial score (nSPS) is 9.89. The van der Waals surface area contributed by atoms with Crippen LogP contribution in [0.3, 0.4) is 0 Å². The van der Waals surface area contributed by atoms with E-state index < -0.39 is 0 Å². The summed E-state index contributed by atoms with van der Waals surface area (Å²) < 4.78 is 2.26. The molecule has 4 aromatic heterocycles. The predicted molar refractivity (Wildman–Crippen MR) is 86.7 cm³/mol. The Balaban J connectivity index is 2.24. The second kappa shape index (κ2) is 4.59. The molecule has 0 radical (unpaired) electrons. The summed E-state index contributed by atoms with van der Waals surface area (Å²) in [7, 11) is 0. The van der Waals surface area contributed by atoms with Crippen molar-refractivity contribution in [3.05, 3.63) is 36.4 Å². The van der Waals surface area contributed by atoms with Gasteiger partial charge in [-0.25, -0.2) is 0 Å². The monoisotopic (exact) mass is 232 g/mol. The van der Waals surface area contributed by atoms with E-state index in [1.165, 1.54) is 16.3 Å². The Labute approximate surface area is 114 Å². The molecule has 0 bridgehead atoms. The molecule has 19 heavy (non-hydrogen) atoms. The fraction of sp³-hybridized carbons (Fsp3) is 0. The first kappa shape index (κ1) is 11.4. The third kappa shape index (κ3) is 1.77. The van der Waals surface area contributed by atoms with E-state index >= 15 is 0 Å². The van der Waals surface area contributed by atoms with Crippen molar-refractivity contribution < 1.29 is 0 Å². The van der Waals surface area contributed by atoms with E-state index in [2.05, 4.69) is 67.6 Å². The maximum absolute atomic E-state index is 4.53. The average molecular weight is 231 g/mol. The Morgan fingerprint density at radius 1 is 0.947 bits per heavy atom. The summed E-state index contributed by atoms with van der Waals surface area (Å²) >= 11 is 0. The van der Waals surface area contributed by atoms with Crippen LogP contribution in [-0.2, 0) is 0 Å². The summed E-state index contributed by atoms with van der Waals surface area (Å²) in [4.78, 5) is 4.53. The molecule has 0 aromatic carbocycles. The molecule has 0 spiro atoms. The molecule has 4 heterocycles. The minimum absolute atomic E-state index is 1.06. The molecule has 0 atom stereocenters. The van der Waals surface area contributed by atoms with Gasteiger partial charge < -0.3 is 0 Å². The second-order valence-electron chi connectivity index (χ2n) is 4.56. The van der Waals surface area contributed by atoms with Gasteiger partial charge in [0.05, 0.1) is 0 Å². The van der Waals surface area contributed by atoms with Crippen molar-refractivity contribution in [2.24, 2.45) is 0 Å². The zero-order chi connectivity index (χ0) is 12.7. The topological polar surface area (TPSA) is 17.8 Å². The number of rotatable bonds is 1. The summed E-state index contributed by atoms with van der Waals surface area (Å²) in [6.45, 7) is 12.5. The van der Waals surface area contributed by atoms with Gasteiger partial charge in [-0.2, -0.15) is 0 Å². The number of pyridine rings is 1. The van der Waals surface area contributed by atoms with E-state index in [-0.39, 0.29) is 0 Å². The van der Waals surface area contributed by atoms with E-state index in [1.807, 2.05) is 18.9 Å². The number of nitrogens with zero attached hydrogens (tertiary/aromatic N) is 2. The summed E-state index contributed by atoms with van der Waals surface area (Å²) in [6, 6.07) is 8.32. The van der Waals surface area contributed by atoms with Crippen molar-refractivity contribution in [2.75, 3.05) is 0 Å². The van der Waals surface area contributed by atoms with Crippen LogP contribution < -0.4 is 0 Å². The molecule has 0 unspecified atom stereocenters. The Morgan fingerprint density at radius 3 is 2.68 bits per heavy atom. The minimum atomic E-state index is 1.06. The molecule has 0 aliphatic carbocycles. The molecule has 4 rings (SSSR count). The van der Waals surface area contributed by atoms with Crippen molar-refractivity contribution in [1.82, 2.24) is 9.55 Å². The molecule has 2 nitrogen and oxygen atoms in total. The van der Waals surface area contributed by atoms with Crippen LogP contribution >= 0.6 is 0 Å². The first-order chi connectivity index (χ1) is 9.45. The summed E-state index contributed by atoms with van der Waals surface area (Å²) in [5.41, 5.74) is 4.57. The first-order valence-corrected chi connectivity index (χ1v) is 6.35. The molecule has 8 heteroatoms. The van der Waals surface area contributed by atoms with E-state index in [1.54, 1.807) is 0 Å². The van der Waals surface area contributed by atoms with Crippen LogP contribution in [0.15, 0.2) is 36.4 Å². The molecule has 0 N–H and O–H groups in total. The third-order valence-corrected chi connectivity index (χ3v) is 3.44. The predicted octanol–water partition coefficient (Wildman–Crippen LogP) is 0.207. The quantitative estimate of drug-likeness (QED) is 0.457. The summed E-state index contributed by atoms with van der Waals surface area (Å²) in [5.74, 6) is 2.06. The van der Waals surface area contributed by atoms with Crippen LogP contribution in [0.2, 0.25) is 0 Å². The zero-order valence-electron chi connectivity index (χ0n) is 10.3. The van der Waals surface area contributed by atoms with Gasteiger partial charge in [-0.05, 0) is 0 Å². The molecule has 0 aliphatic rings. The molecular weight excluding hydrogens is 225 g/mol. The zero-order valence-corrected chi connectivity index (χ0v) is 10.3. The van der Waals surface area contributed by atoms with Crippen LogP contribution in [-0.4, -0.2) is 50.1 Å². The van der Waals surface area contributed by atoms with Gasteiger partial charge in [0.1, 0.15) is 0 Å². The SMILES string of the molecule is b1bbc(-n2c3cccbc3c3ncccc32)bb1.